The molecule has 1 aromatic carbocycles. The van der Waals surface area contributed by atoms with E-state index in [2.05, 4.69) is 20.5 Å². The molecule has 92 valence electrons. The van der Waals surface area contributed by atoms with Crippen molar-refractivity contribution < 1.29 is 4.39 Å². The molecule has 0 aliphatic rings. The molecule has 6 heteroatoms. The maximum absolute atomic E-state index is 12.6. The number of hydrazone groups is 1. The third-order valence-electron chi connectivity index (χ3n) is 2.19. The van der Waals surface area contributed by atoms with E-state index in [1.54, 1.807) is 12.1 Å². The van der Waals surface area contributed by atoms with Gasteiger partial charge in [-0.3, -0.25) is 0 Å². The quantitative estimate of drug-likeness (QED) is 0.685. The summed E-state index contributed by atoms with van der Waals surface area (Å²) < 4.78 is 12.6. The normalized spacial score (nSPS) is 11.4. The Kier molecular flexibility index (Phi) is 3.84. The number of anilines is 1. The predicted octanol–water partition coefficient (Wildman–Crippen LogP) is 3.11. The third-order valence-corrected chi connectivity index (χ3v) is 2.42. The Morgan fingerprint density at radius 2 is 2.06 bits per heavy atom. The van der Waals surface area contributed by atoms with Crippen molar-refractivity contribution in [1.82, 2.24) is 9.97 Å². The number of hydrogen-bond donors (Lipinski definition) is 1. The zero-order valence-corrected chi connectivity index (χ0v) is 10.3. The van der Waals surface area contributed by atoms with Gasteiger partial charge in [0, 0.05) is 5.02 Å². The van der Waals surface area contributed by atoms with E-state index in [0.29, 0.717) is 5.02 Å². The van der Waals surface area contributed by atoms with Crippen molar-refractivity contribution in [2.75, 3.05) is 5.43 Å². The van der Waals surface area contributed by atoms with E-state index >= 15 is 0 Å². The lowest BCUT2D eigenvalue weighted by Crippen LogP contribution is -2.02. The van der Waals surface area contributed by atoms with E-state index in [9.17, 15) is 4.39 Å². The predicted molar refractivity (Wildman–Crippen MR) is 69.3 cm³/mol. The fraction of sp³-hybridized carbons (Fsp3) is 0.0833. The summed E-state index contributed by atoms with van der Waals surface area (Å²) in [5.74, 6) is -0.256. The van der Waals surface area contributed by atoms with Crippen molar-refractivity contribution in [2.24, 2.45) is 5.10 Å². The SMILES string of the molecule is C/C(=N\Nc1ncc(F)cn1)c1cccc(Cl)c1. The van der Waals surface area contributed by atoms with Gasteiger partial charge in [-0.1, -0.05) is 23.7 Å². The molecule has 1 heterocycles. The van der Waals surface area contributed by atoms with Crippen molar-refractivity contribution in [3.8, 4) is 0 Å². The van der Waals surface area contributed by atoms with Crippen molar-refractivity contribution in [3.05, 3.63) is 53.1 Å². The standard InChI is InChI=1S/C12H10ClFN4/c1-8(9-3-2-4-10(13)5-9)17-18-12-15-6-11(14)7-16-12/h2-7H,1H3,(H,15,16,18)/b17-8+. The second-order valence-corrected chi connectivity index (χ2v) is 3.98. The Hall–Kier alpha value is -2.01. The molecule has 18 heavy (non-hydrogen) atoms. The molecule has 0 atom stereocenters. The molecule has 0 bridgehead atoms. The van der Waals surface area contributed by atoms with E-state index in [-0.39, 0.29) is 5.95 Å². The number of nitrogens with one attached hydrogen (secondary N) is 1. The Morgan fingerprint density at radius 1 is 1.33 bits per heavy atom. The van der Waals surface area contributed by atoms with E-state index in [1.807, 2.05) is 19.1 Å². The first-order valence-corrected chi connectivity index (χ1v) is 5.57. The molecule has 0 radical (unpaired) electrons. The second kappa shape index (κ2) is 5.55. The molecule has 0 amide bonds. The minimum Gasteiger partial charge on any atom is -0.245 e. The molecule has 0 fully saturated rings. The number of aromatic nitrogens is 2. The first-order chi connectivity index (χ1) is 8.65. The van der Waals surface area contributed by atoms with Crippen LogP contribution in [0.2, 0.25) is 5.02 Å². The van der Waals surface area contributed by atoms with Gasteiger partial charge in [0.05, 0.1) is 18.1 Å². The van der Waals surface area contributed by atoms with Crippen LogP contribution in [0.3, 0.4) is 0 Å². The summed E-state index contributed by atoms with van der Waals surface area (Å²) in [6, 6.07) is 7.31. The zero-order valence-electron chi connectivity index (χ0n) is 9.56. The second-order valence-electron chi connectivity index (χ2n) is 3.54. The van der Waals surface area contributed by atoms with Crippen LogP contribution >= 0.6 is 11.6 Å². The monoisotopic (exact) mass is 264 g/mol. The van der Waals surface area contributed by atoms with E-state index in [0.717, 1.165) is 23.7 Å². The zero-order chi connectivity index (χ0) is 13.0. The molecular formula is C12H10ClFN4. The van der Waals surface area contributed by atoms with Gasteiger partial charge >= 0.3 is 0 Å². The highest BCUT2D eigenvalue weighted by molar-refractivity contribution is 6.31. The summed E-state index contributed by atoms with van der Waals surface area (Å²) in [6.45, 7) is 1.82. The van der Waals surface area contributed by atoms with Crippen molar-refractivity contribution in [1.29, 1.82) is 0 Å². The minimum atomic E-state index is -0.490. The summed E-state index contributed by atoms with van der Waals surface area (Å²) in [7, 11) is 0. The third kappa shape index (κ3) is 3.24. The van der Waals surface area contributed by atoms with Gasteiger partial charge in [-0.2, -0.15) is 5.10 Å². The Labute approximate surface area is 109 Å². The summed E-state index contributed by atoms with van der Waals surface area (Å²) in [6.07, 6.45) is 2.14. The summed E-state index contributed by atoms with van der Waals surface area (Å²) in [5.41, 5.74) is 4.26. The maximum atomic E-state index is 12.6. The van der Waals surface area contributed by atoms with Crippen molar-refractivity contribution >= 4 is 23.3 Å². The van der Waals surface area contributed by atoms with Gasteiger partial charge in [0.2, 0.25) is 5.95 Å². The highest BCUT2D eigenvalue weighted by Gasteiger charge is 1.99. The van der Waals surface area contributed by atoms with Gasteiger partial charge in [-0.15, -0.1) is 0 Å². The fourth-order valence-corrected chi connectivity index (χ4v) is 1.47. The van der Waals surface area contributed by atoms with Gasteiger partial charge in [-0.05, 0) is 24.6 Å². The first kappa shape index (κ1) is 12.4. The van der Waals surface area contributed by atoms with Gasteiger partial charge in [-0.25, -0.2) is 19.8 Å². The van der Waals surface area contributed by atoms with Crippen LogP contribution in [-0.2, 0) is 0 Å². The number of halogens is 2. The van der Waals surface area contributed by atoms with Crippen LogP contribution in [0.5, 0.6) is 0 Å². The molecule has 1 aromatic heterocycles. The maximum Gasteiger partial charge on any atom is 0.243 e. The highest BCUT2D eigenvalue weighted by atomic mass is 35.5. The lowest BCUT2D eigenvalue weighted by molar-refractivity contribution is 0.614. The van der Waals surface area contributed by atoms with Crippen LogP contribution < -0.4 is 5.43 Å². The van der Waals surface area contributed by atoms with E-state index in [1.165, 1.54) is 0 Å². The lowest BCUT2D eigenvalue weighted by Gasteiger charge is -2.02. The van der Waals surface area contributed by atoms with Crippen LogP contribution in [-0.4, -0.2) is 15.7 Å². The summed E-state index contributed by atoms with van der Waals surface area (Å²) in [4.78, 5) is 7.46. The highest BCUT2D eigenvalue weighted by Crippen LogP contribution is 2.11. The molecule has 0 spiro atoms. The van der Waals surface area contributed by atoms with Crippen LogP contribution in [0.1, 0.15) is 12.5 Å². The molecule has 1 N–H and O–H groups in total. The molecule has 2 rings (SSSR count). The number of benzene rings is 1. The average Bonchev–Trinajstić information content (AvgIpc) is 2.38. The van der Waals surface area contributed by atoms with Gasteiger partial charge in [0.15, 0.2) is 5.82 Å². The Balaban J connectivity index is 2.11. The molecule has 4 nitrogen and oxygen atoms in total. The first-order valence-electron chi connectivity index (χ1n) is 5.19. The summed E-state index contributed by atoms with van der Waals surface area (Å²) in [5, 5.41) is 4.73. The van der Waals surface area contributed by atoms with E-state index < -0.39 is 5.82 Å². The largest absolute Gasteiger partial charge is 0.245 e. The molecule has 0 unspecified atom stereocenters. The number of nitrogens with zero attached hydrogens (tertiary/aromatic N) is 3. The lowest BCUT2D eigenvalue weighted by atomic mass is 10.1. The Morgan fingerprint density at radius 3 is 2.72 bits per heavy atom. The van der Waals surface area contributed by atoms with Gasteiger partial charge in [0.1, 0.15) is 0 Å². The molecule has 2 aromatic rings. The Bertz CT molecular complexity index is 569. The molecule has 0 saturated carbocycles. The van der Waals surface area contributed by atoms with Crippen LogP contribution in [0.15, 0.2) is 41.8 Å². The number of hydrogen-bond acceptors (Lipinski definition) is 4. The topological polar surface area (TPSA) is 50.2 Å². The van der Waals surface area contributed by atoms with Gasteiger partial charge < -0.3 is 0 Å². The average molecular weight is 265 g/mol. The van der Waals surface area contributed by atoms with Crippen molar-refractivity contribution in [2.45, 2.75) is 6.92 Å². The molecule has 0 aliphatic carbocycles. The fourth-order valence-electron chi connectivity index (χ4n) is 1.28. The molecular weight excluding hydrogens is 255 g/mol. The number of rotatable bonds is 3. The van der Waals surface area contributed by atoms with Gasteiger partial charge in [0.25, 0.3) is 0 Å². The minimum absolute atomic E-state index is 0.234. The van der Waals surface area contributed by atoms with Crippen LogP contribution in [0, 0.1) is 5.82 Å². The summed E-state index contributed by atoms with van der Waals surface area (Å²) >= 11 is 5.88. The van der Waals surface area contributed by atoms with E-state index in [4.69, 9.17) is 11.6 Å². The molecule has 0 aliphatic heterocycles. The van der Waals surface area contributed by atoms with Crippen molar-refractivity contribution in [3.63, 3.8) is 0 Å². The van der Waals surface area contributed by atoms with Crippen LogP contribution in [0.4, 0.5) is 10.3 Å². The van der Waals surface area contributed by atoms with Crippen LogP contribution in [0.25, 0.3) is 0 Å². The smallest absolute Gasteiger partial charge is 0.243 e. The molecule has 0 saturated heterocycles.